The number of carboxylic acids is 1. The Balaban J connectivity index is 1.09. The first-order valence-electron chi connectivity index (χ1n) is 14.4. The van der Waals surface area contributed by atoms with Gasteiger partial charge in [-0.05, 0) is 72.9 Å². The Bertz CT molecular complexity index is 1650. The van der Waals surface area contributed by atoms with Crippen LogP contribution in [0.2, 0.25) is 0 Å². The zero-order chi connectivity index (χ0) is 28.7. The van der Waals surface area contributed by atoms with E-state index in [4.69, 9.17) is 14.5 Å². The van der Waals surface area contributed by atoms with E-state index >= 15 is 0 Å². The van der Waals surface area contributed by atoms with Gasteiger partial charge in [0.25, 0.3) is 0 Å². The normalized spacial score (nSPS) is 13.2. The molecule has 1 unspecified atom stereocenters. The van der Waals surface area contributed by atoms with Crippen LogP contribution in [0.1, 0.15) is 41.4 Å². The largest absolute Gasteiger partial charge is 0.493 e. The fourth-order valence-electron chi connectivity index (χ4n) is 5.38. The number of aryl methyl sites for hydroxylation is 1. The number of hydrogen-bond donors (Lipinski definition) is 2. The lowest BCUT2D eigenvalue weighted by Gasteiger charge is -2.18. The molecule has 0 amide bonds. The summed E-state index contributed by atoms with van der Waals surface area (Å²) >= 11 is 0. The Morgan fingerprint density at radius 3 is 2.62 bits per heavy atom. The van der Waals surface area contributed by atoms with Crippen molar-refractivity contribution in [1.82, 2.24) is 14.8 Å². The number of pyridine rings is 1. The third-order valence-electron chi connectivity index (χ3n) is 7.53. The minimum absolute atomic E-state index is 0.0371. The molecule has 0 aliphatic carbocycles. The highest BCUT2D eigenvalue weighted by molar-refractivity contribution is 5.80. The summed E-state index contributed by atoms with van der Waals surface area (Å²) in [5.74, 6) is 0.661. The van der Waals surface area contributed by atoms with Crippen LogP contribution < -0.4 is 14.8 Å². The fourth-order valence-corrected chi connectivity index (χ4v) is 5.38. The smallest absolute Gasteiger partial charge is 0.305 e. The second kappa shape index (κ2) is 12.8. The topological polar surface area (TPSA) is 98.5 Å². The molecule has 214 valence electrons. The molecule has 3 aromatic carbocycles. The van der Waals surface area contributed by atoms with Crippen LogP contribution in [0, 0.1) is 0 Å². The van der Waals surface area contributed by atoms with Crippen LogP contribution in [0.25, 0.3) is 10.9 Å². The summed E-state index contributed by atoms with van der Waals surface area (Å²) in [7, 11) is 0. The molecule has 3 heterocycles. The predicted octanol–water partition coefficient (Wildman–Crippen LogP) is 6.25. The number of anilines is 1. The van der Waals surface area contributed by atoms with Gasteiger partial charge in [0, 0.05) is 24.0 Å². The first-order chi connectivity index (χ1) is 20.6. The van der Waals surface area contributed by atoms with Gasteiger partial charge >= 0.3 is 5.97 Å². The van der Waals surface area contributed by atoms with Crippen LogP contribution >= 0.6 is 0 Å². The predicted molar refractivity (Wildman–Crippen MR) is 162 cm³/mol. The number of aromatic nitrogens is 3. The molecule has 42 heavy (non-hydrogen) atoms. The van der Waals surface area contributed by atoms with Crippen LogP contribution in [0.3, 0.4) is 0 Å². The van der Waals surface area contributed by atoms with Gasteiger partial charge in [0.2, 0.25) is 0 Å². The number of carboxylic acid groups (broad SMARTS) is 1. The maximum Gasteiger partial charge on any atom is 0.305 e. The molecule has 5 aromatic rings. The summed E-state index contributed by atoms with van der Waals surface area (Å²) in [6.07, 6.45) is 5.11. The molecule has 6 rings (SSSR count). The Morgan fingerprint density at radius 2 is 1.79 bits per heavy atom. The summed E-state index contributed by atoms with van der Waals surface area (Å²) in [6.45, 7) is 2.02. The zero-order valence-electron chi connectivity index (χ0n) is 23.4. The summed E-state index contributed by atoms with van der Waals surface area (Å²) in [5, 5.41) is 18.6. The third-order valence-corrected chi connectivity index (χ3v) is 7.53. The molecular weight excluding hydrogens is 528 g/mol. The van der Waals surface area contributed by atoms with Gasteiger partial charge in [-0.3, -0.25) is 14.5 Å². The first kappa shape index (κ1) is 27.3. The third kappa shape index (κ3) is 6.71. The van der Waals surface area contributed by atoms with Crippen LogP contribution in [0.4, 0.5) is 5.69 Å². The van der Waals surface area contributed by atoms with Gasteiger partial charge < -0.3 is 19.9 Å². The molecule has 0 fully saturated rings. The average molecular weight is 563 g/mol. The van der Waals surface area contributed by atoms with Crippen molar-refractivity contribution in [3.05, 3.63) is 114 Å². The van der Waals surface area contributed by atoms with Crippen molar-refractivity contribution in [2.24, 2.45) is 0 Å². The minimum Gasteiger partial charge on any atom is -0.493 e. The summed E-state index contributed by atoms with van der Waals surface area (Å²) in [6, 6.07) is 27.5. The number of hydrogen-bond acceptors (Lipinski definition) is 6. The molecule has 2 N–H and O–H groups in total. The molecular formula is C34H34N4O4. The number of rotatable bonds is 12. The summed E-state index contributed by atoms with van der Waals surface area (Å²) < 4.78 is 13.8. The number of carbonyl (C=O) groups is 1. The lowest BCUT2D eigenvalue weighted by atomic mass is 10.0. The van der Waals surface area contributed by atoms with Gasteiger partial charge in [0.1, 0.15) is 18.1 Å². The minimum atomic E-state index is -0.863. The van der Waals surface area contributed by atoms with E-state index < -0.39 is 5.97 Å². The second-order valence-corrected chi connectivity index (χ2v) is 10.6. The SMILES string of the molecule is O=C(O)CC(Cc1ccc(OCc2ccccc2)cc1)n1ncc2cc(OCCc3ccc4c(n3)CCCN4)ccc21. The van der Waals surface area contributed by atoms with Gasteiger partial charge in [-0.1, -0.05) is 42.5 Å². The van der Waals surface area contributed by atoms with Gasteiger partial charge in [0.05, 0.1) is 42.2 Å². The van der Waals surface area contributed by atoms with Crippen molar-refractivity contribution in [2.75, 3.05) is 18.5 Å². The van der Waals surface area contributed by atoms with Gasteiger partial charge in [-0.2, -0.15) is 5.10 Å². The number of benzene rings is 3. The maximum absolute atomic E-state index is 11.8. The summed E-state index contributed by atoms with van der Waals surface area (Å²) in [4.78, 5) is 16.6. The van der Waals surface area contributed by atoms with Gasteiger partial charge in [-0.25, -0.2) is 0 Å². The van der Waals surface area contributed by atoms with Crippen molar-refractivity contribution in [3.63, 3.8) is 0 Å². The average Bonchev–Trinajstić information content (AvgIpc) is 3.44. The van der Waals surface area contributed by atoms with E-state index in [1.165, 1.54) is 0 Å². The quantitative estimate of drug-likeness (QED) is 0.186. The van der Waals surface area contributed by atoms with E-state index in [-0.39, 0.29) is 12.5 Å². The van der Waals surface area contributed by atoms with E-state index in [1.807, 2.05) is 77.5 Å². The molecule has 2 aromatic heterocycles. The Morgan fingerprint density at radius 1 is 0.952 bits per heavy atom. The van der Waals surface area contributed by atoms with E-state index in [0.717, 1.165) is 76.4 Å². The van der Waals surface area contributed by atoms with E-state index in [9.17, 15) is 9.90 Å². The first-order valence-corrected chi connectivity index (χ1v) is 14.4. The van der Waals surface area contributed by atoms with Crippen molar-refractivity contribution >= 4 is 22.6 Å². The van der Waals surface area contributed by atoms with Crippen molar-refractivity contribution in [2.45, 2.75) is 44.8 Å². The zero-order valence-corrected chi connectivity index (χ0v) is 23.4. The molecule has 0 saturated carbocycles. The standard InChI is InChI=1S/C34H34N4O4/c39-34(40)21-28(19-24-8-11-29(12-9-24)42-23-25-5-2-1-3-6-25)38-33-15-13-30(20-26(33)22-36-38)41-18-16-27-10-14-31-32(37-27)7-4-17-35-31/h1-3,5-6,8-15,20,22,28,35H,4,7,16-19,21,23H2,(H,39,40). The highest BCUT2D eigenvalue weighted by Crippen LogP contribution is 2.28. The lowest BCUT2D eigenvalue weighted by Crippen LogP contribution is -2.17. The molecule has 8 nitrogen and oxygen atoms in total. The number of ether oxygens (including phenoxy) is 2. The van der Waals surface area contributed by atoms with E-state index in [0.29, 0.717) is 19.6 Å². The molecule has 1 aliphatic rings. The highest BCUT2D eigenvalue weighted by atomic mass is 16.5. The maximum atomic E-state index is 11.8. The lowest BCUT2D eigenvalue weighted by molar-refractivity contribution is -0.137. The Kier molecular flexibility index (Phi) is 8.31. The molecule has 1 atom stereocenters. The van der Waals surface area contributed by atoms with Gasteiger partial charge in [0.15, 0.2) is 0 Å². The van der Waals surface area contributed by atoms with Gasteiger partial charge in [-0.15, -0.1) is 0 Å². The van der Waals surface area contributed by atoms with E-state index in [1.54, 1.807) is 6.20 Å². The molecule has 0 bridgehead atoms. The van der Waals surface area contributed by atoms with Crippen LogP contribution in [0.15, 0.2) is 91.1 Å². The molecule has 1 aliphatic heterocycles. The number of fused-ring (bicyclic) bond motifs is 2. The number of nitrogens with one attached hydrogen (secondary N) is 1. The van der Waals surface area contributed by atoms with Crippen LogP contribution in [0.5, 0.6) is 11.5 Å². The highest BCUT2D eigenvalue weighted by Gasteiger charge is 2.20. The van der Waals surface area contributed by atoms with Crippen molar-refractivity contribution < 1.29 is 19.4 Å². The van der Waals surface area contributed by atoms with E-state index in [2.05, 4.69) is 22.5 Å². The number of aliphatic carboxylic acids is 1. The molecule has 0 saturated heterocycles. The monoisotopic (exact) mass is 562 g/mol. The second-order valence-electron chi connectivity index (χ2n) is 10.6. The van der Waals surface area contributed by atoms with Crippen molar-refractivity contribution in [1.29, 1.82) is 0 Å². The molecule has 0 spiro atoms. The molecule has 8 heteroatoms. The number of nitrogens with zero attached hydrogens (tertiary/aromatic N) is 3. The Hall–Kier alpha value is -4.85. The van der Waals surface area contributed by atoms with Crippen molar-refractivity contribution in [3.8, 4) is 11.5 Å². The van der Waals surface area contributed by atoms with Crippen LogP contribution in [-0.2, 0) is 30.7 Å². The Labute approximate surface area is 244 Å². The summed E-state index contributed by atoms with van der Waals surface area (Å²) in [5.41, 5.74) is 6.30. The molecule has 0 radical (unpaired) electrons. The van der Waals surface area contributed by atoms with Crippen LogP contribution in [-0.4, -0.2) is 39.0 Å². The fraction of sp³-hybridized carbons (Fsp3) is 0.265.